The lowest BCUT2D eigenvalue weighted by atomic mass is 10.0. The van der Waals surface area contributed by atoms with E-state index in [9.17, 15) is 4.79 Å². The molecular weight excluding hydrogens is 226 g/mol. The van der Waals surface area contributed by atoms with Crippen molar-refractivity contribution in [1.82, 2.24) is 9.78 Å². The molecule has 1 heterocycles. The lowest BCUT2D eigenvalue weighted by Gasteiger charge is -2.14. The molecule has 0 aliphatic rings. The number of ketones is 1. The first-order valence-corrected chi connectivity index (χ1v) is 5.83. The molecule has 0 N–H and O–H groups in total. The normalized spacial score (nSPS) is 10.4. The van der Waals surface area contributed by atoms with Crippen molar-refractivity contribution in [2.75, 3.05) is 19.0 Å². The molecule has 2 rings (SSSR count). The largest absolute Gasteiger partial charge is 0.362 e. The third-order valence-corrected chi connectivity index (χ3v) is 2.88. The summed E-state index contributed by atoms with van der Waals surface area (Å²) >= 11 is 0. The van der Waals surface area contributed by atoms with Gasteiger partial charge in [0.15, 0.2) is 5.78 Å². The number of aryl methyl sites for hydroxylation is 2. The number of hydrogen-bond donors (Lipinski definition) is 0. The average molecular weight is 243 g/mol. The maximum absolute atomic E-state index is 12.5. The molecule has 94 valence electrons. The van der Waals surface area contributed by atoms with Crippen LogP contribution in [0.15, 0.2) is 30.3 Å². The van der Waals surface area contributed by atoms with Crippen molar-refractivity contribution in [3.8, 4) is 0 Å². The van der Waals surface area contributed by atoms with Crippen molar-refractivity contribution < 1.29 is 4.79 Å². The molecule has 0 saturated carbocycles. The lowest BCUT2D eigenvalue weighted by Crippen LogP contribution is -2.17. The molecule has 18 heavy (non-hydrogen) atoms. The van der Waals surface area contributed by atoms with Gasteiger partial charge in [-0.25, -0.2) is 0 Å². The molecule has 0 atom stereocenters. The minimum absolute atomic E-state index is 0.0184. The summed E-state index contributed by atoms with van der Waals surface area (Å²) in [7, 11) is 5.68. The number of rotatable bonds is 3. The molecule has 1 aromatic carbocycles. The van der Waals surface area contributed by atoms with Crippen molar-refractivity contribution in [3.05, 3.63) is 47.2 Å². The highest BCUT2D eigenvalue weighted by Crippen LogP contribution is 2.24. The predicted molar refractivity (Wildman–Crippen MR) is 72.1 cm³/mol. The Morgan fingerprint density at radius 3 is 2.39 bits per heavy atom. The monoisotopic (exact) mass is 243 g/mol. The van der Waals surface area contributed by atoms with Gasteiger partial charge in [-0.05, 0) is 6.92 Å². The van der Waals surface area contributed by atoms with Gasteiger partial charge in [-0.15, -0.1) is 0 Å². The van der Waals surface area contributed by atoms with E-state index in [2.05, 4.69) is 5.10 Å². The molecule has 0 aliphatic carbocycles. The summed E-state index contributed by atoms with van der Waals surface area (Å²) < 4.78 is 1.74. The van der Waals surface area contributed by atoms with Crippen LogP contribution in [0.5, 0.6) is 0 Å². The lowest BCUT2D eigenvalue weighted by molar-refractivity contribution is 0.103. The third-order valence-electron chi connectivity index (χ3n) is 2.88. The number of carbonyl (C=O) groups is 1. The van der Waals surface area contributed by atoms with E-state index in [0.717, 1.165) is 11.5 Å². The van der Waals surface area contributed by atoms with Gasteiger partial charge in [-0.1, -0.05) is 30.3 Å². The molecule has 0 spiro atoms. The number of anilines is 1. The predicted octanol–water partition coefficient (Wildman–Crippen LogP) is 2.03. The number of hydrogen-bond acceptors (Lipinski definition) is 3. The van der Waals surface area contributed by atoms with Gasteiger partial charge >= 0.3 is 0 Å². The molecule has 2 aromatic rings. The summed E-state index contributed by atoms with van der Waals surface area (Å²) in [5.41, 5.74) is 2.13. The van der Waals surface area contributed by atoms with Crippen molar-refractivity contribution in [2.24, 2.45) is 7.05 Å². The van der Waals surface area contributed by atoms with Crippen molar-refractivity contribution in [2.45, 2.75) is 6.92 Å². The number of nitrogens with zero attached hydrogens (tertiary/aromatic N) is 3. The Morgan fingerprint density at radius 2 is 1.83 bits per heavy atom. The number of benzene rings is 1. The second kappa shape index (κ2) is 4.64. The summed E-state index contributed by atoms with van der Waals surface area (Å²) in [5, 5.41) is 4.33. The Hall–Kier alpha value is -2.10. The smallest absolute Gasteiger partial charge is 0.198 e. The Labute approximate surface area is 107 Å². The Morgan fingerprint density at radius 1 is 1.22 bits per heavy atom. The molecule has 0 amide bonds. The van der Waals surface area contributed by atoms with Gasteiger partial charge in [0.25, 0.3) is 0 Å². The quantitative estimate of drug-likeness (QED) is 0.774. The van der Waals surface area contributed by atoms with Gasteiger partial charge in [0, 0.05) is 26.7 Å². The first-order valence-electron chi connectivity index (χ1n) is 5.83. The highest BCUT2D eigenvalue weighted by atomic mass is 16.1. The van der Waals surface area contributed by atoms with E-state index in [4.69, 9.17) is 0 Å². The van der Waals surface area contributed by atoms with Crippen LogP contribution in [0.2, 0.25) is 0 Å². The fourth-order valence-corrected chi connectivity index (χ4v) is 2.16. The number of aromatic nitrogens is 2. The van der Waals surface area contributed by atoms with E-state index < -0.39 is 0 Å². The van der Waals surface area contributed by atoms with Gasteiger partial charge in [0.2, 0.25) is 0 Å². The molecule has 0 unspecified atom stereocenters. The Bertz CT molecular complexity index is 570. The summed E-state index contributed by atoms with van der Waals surface area (Å²) in [6, 6.07) is 9.30. The van der Waals surface area contributed by atoms with E-state index in [1.165, 1.54) is 0 Å². The standard InChI is InChI=1S/C14H17N3O/c1-10-12(14(16(2)3)17(4)15-10)13(18)11-8-6-5-7-9-11/h5-9H,1-4H3. The third kappa shape index (κ3) is 2.01. The minimum Gasteiger partial charge on any atom is -0.362 e. The maximum atomic E-state index is 12.5. The van der Waals surface area contributed by atoms with Crippen LogP contribution >= 0.6 is 0 Å². The van der Waals surface area contributed by atoms with E-state index >= 15 is 0 Å². The highest BCUT2D eigenvalue weighted by Gasteiger charge is 2.22. The zero-order valence-electron chi connectivity index (χ0n) is 11.1. The van der Waals surface area contributed by atoms with Gasteiger partial charge in [0.05, 0.1) is 11.3 Å². The number of carbonyl (C=O) groups excluding carboxylic acids is 1. The molecule has 0 saturated heterocycles. The topological polar surface area (TPSA) is 38.1 Å². The zero-order valence-corrected chi connectivity index (χ0v) is 11.1. The van der Waals surface area contributed by atoms with E-state index in [-0.39, 0.29) is 5.78 Å². The van der Waals surface area contributed by atoms with Gasteiger partial charge in [-0.3, -0.25) is 9.48 Å². The second-order valence-corrected chi connectivity index (χ2v) is 4.50. The first kappa shape index (κ1) is 12.4. The average Bonchev–Trinajstić information content (AvgIpc) is 2.64. The molecule has 4 heteroatoms. The fraction of sp³-hybridized carbons (Fsp3) is 0.286. The summed E-state index contributed by atoms with van der Waals surface area (Å²) in [6.45, 7) is 1.86. The van der Waals surface area contributed by atoms with Crippen LogP contribution in [-0.2, 0) is 7.05 Å². The molecule has 0 radical (unpaired) electrons. The van der Waals surface area contributed by atoms with E-state index in [1.807, 2.05) is 63.3 Å². The van der Waals surface area contributed by atoms with Crippen LogP contribution in [0, 0.1) is 6.92 Å². The van der Waals surface area contributed by atoms with E-state index in [0.29, 0.717) is 11.1 Å². The minimum atomic E-state index is 0.0184. The molecule has 1 aromatic heterocycles. The van der Waals surface area contributed by atoms with Crippen LogP contribution in [0.1, 0.15) is 21.6 Å². The highest BCUT2D eigenvalue weighted by molar-refractivity contribution is 6.12. The Kier molecular flexibility index (Phi) is 3.19. The van der Waals surface area contributed by atoms with Crippen LogP contribution in [0.4, 0.5) is 5.82 Å². The SMILES string of the molecule is Cc1nn(C)c(N(C)C)c1C(=O)c1ccccc1. The molecule has 0 bridgehead atoms. The van der Waals surface area contributed by atoms with Crippen LogP contribution in [0.3, 0.4) is 0 Å². The van der Waals surface area contributed by atoms with Crippen LogP contribution in [0.25, 0.3) is 0 Å². The molecule has 0 aliphatic heterocycles. The molecular formula is C14H17N3O. The molecule has 0 fully saturated rings. The summed E-state index contributed by atoms with van der Waals surface area (Å²) in [5.74, 6) is 0.853. The van der Waals surface area contributed by atoms with Crippen molar-refractivity contribution in [3.63, 3.8) is 0 Å². The Balaban J connectivity index is 2.55. The second-order valence-electron chi connectivity index (χ2n) is 4.50. The van der Waals surface area contributed by atoms with Gasteiger partial charge in [0.1, 0.15) is 5.82 Å². The fourth-order valence-electron chi connectivity index (χ4n) is 2.16. The van der Waals surface area contributed by atoms with Gasteiger partial charge in [-0.2, -0.15) is 5.10 Å². The van der Waals surface area contributed by atoms with Crippen molar-refractivity contribution >= 4 is 11.6 Å². The summed E-state index contributed by atoms with van der Waals surface area (Å²) in [4.78, 5) is 14.4. The molecule has 4 nitrogen and oxygen atoms in total. The van der Waals surface area contributed by atoms with E-state index in [1.54, 1.807) is 4.68 Å². The first-order chi connectivity index (χ1) is 8.52. The van der Waals surface area contributed by atoms with Crippen LogP contribution in [-0.4, -0.2) is 29.7 Å². The van der Waals surface area contributed by atoms with Gasteiger partial charge < -0.3 is 4.90 Å². The van der Waals surface area contributed by atoms with Crippen LogP contribution < -0.4 is 4.90 Å². The summed E-state index contributed by atoms with van der Waals surface area (Å²) in [6.07, 6.45) is 0. The maximum Gasteiger partial charge on any atom is 0.198 e. The van der Waals surface area contributed by atoms with Crippen molar-refractivity contribution in [1.29, 1.82) is 0 Å². The zero-order chi connectivity index (χ0) is 13.3.